The van der Waals surface area contributed by atoms with Gasteiger partial charge in [0.05, 0.1) is 0 Å². The maximum atomic E-state index is 12.0. The average molecular weight is 416 g/mol. The summed E-state index contributed by atoms with van der Waals surface area (Å²) in [6, 6.07) is 13.2. The van der Waals surface area contributed by atoms with Crippen LogP contribution in [0.2, 0.25) is 0 Å². The van der Waals surface area contributed by atoms with Crippen molar-refractivity contribution >= 4 is 50.1 Å². The van der Waals surface area contributed by atoms with E-state index in [-0.39, 0.29) is 5.91 Å². The molecule has 2 aromatic carbocycles. The summed E-state index contributed by atoms with van der Waals surface area (Å²) in [6.45, 7) is 2.02. The molecule has 92 valence electrons. The van der Waals surface area contributed by atoms with E-state index >= 15 is 0 Å². The number of benzene rings is 2. The van der Waals surface area contributed by atoms with Gasteiger partial charge in [-0.25, -0.2) is 0 Å². The Kier molecular flexibility index (Phi) is 4.40. The van der Waals surface area contributed by atoms with Gasteiger partial charge in [0.25, 0.3) is 5.91 Å². The van der Waals surface area contributed by atoms with E-state index in [4.69, 9.17) is 0 Å². The van der Waals surface area contributed by atoms with Crippen LogP contribution in [-0.2, 0) is 0 Å². The van der Waals surface area contributed by atoms with Crippen LogP contribution in [0.15, 0.2) is 46.9 Å². The van der Waals surface area contributed by atoms with Gasteiger partial charge in [-0.1, -0.05) is 22.0 Å². The summed E-state index contributed by atoms with van der Waals surface area (Å²) in [5.74, 6) is -0.100. The minimum absolute atomic E-state index is 0.100. The Morgan fingerprint density at radius 3 is 2.67 bits per heavy atom. The lowest BCUT2D eigenvalue weighted by atomic mass is 10.2. The molecule has 0 aliphatic rings. The van der Waals surface area contributed by atoms with Crippen LogP contribution in [0.1, 0.15) is 15.9 Å². The van der Waals surface area contributed by atoms with E-state index in [2.05, 4.69) is 43.8 Å². The Balaban J connectivity index is 2.18. The second-order valence-electron chi connectivity index (χ2n) is 3.93. The van der Waals surface area contributed by atoms with Crippen molar-refractivity contribution in [3.8, 4) is 0 Å². The Morgan fingerprint density at radius 2 is 2.00 bits per heavy atom. The molecule has 0 radical (unpaired) electrons. The van der Waals surface area contributed by atoms with Gasteiger partial charge in [-0.2, -0.15) is 0 Å². The molecule has 0 fully saturated rings. The molecule has 4 heteroatoms. The zero-order valence-corrected chi connectivity index (χ0v) is 13.4. The predicted octanol–water partition coefficient (Wildman–Crippen LogP) is 4.61. The molecular formula is C14H11BrINO. The number of hydrogen-bond donors (Lipinski definition) is 1. The minimum atomic E-state index is -0.100. The van der Waals surface area contributed by atoms with E-state index in [0.29, 0.717) is 5.56 Å². The number of halogens is 2. The first-order valence-corrected chi connectivity index (χ1v) is 7.26. The van der Waals surface area contributed by atoms with Crippen molar-refractivity contribution in [1.82, 2.24) is 0 Å². The topological polar surface area (TPSA) is 29.1 Å². The maximum Gasteiger partial charge on any atom is 0.255 e. The van der Waals surface area contributed by atoms with Crippen LogP contribution in [0.5, 0.6) is 0 Å². The van der Waals surface area contributed by atoms with Crippen LogP contribution in [0.25, 0.3) is 0 Å². The number of aryl methyl sites for hydroxylation is 1. The molecule has 1 amide bonds. The van der Waals surface area contributed by atoms with Gasteiger partial charge in [-0.3, -0.25) is 4.79 Å². The number of carbonyl (C=O) groups excluding carboxylic acids is 1. The first-order chi connectivity index (χ1) is 8.56. The summed E-state index contributed by atoms with van der Waals surface area (Å²) in [7, 11) is 0. The second-order valence-corrected chi connectivity index (χ2v) is 6.01. The molecule has 0 atom stereocenters. The van der Waals surface area contributed by atoms with Crippen molar-refractivity contribution in [2.45, 2.75) is 6.92 Å². The number of amides is 1. The zero-order valence-electron chi connectivity index (χ0n) is 9.71. The number of anilines is 1. The average Bonchev–Trinajstić information content (AvgIpc) is 2.34. The summed E-state index contributed by atoms with van der Waals surface area (Å²) in [6.07, 6.45) is 0. The molecular weight excluding hydrogens is 405 g/mol. The molecule has 0 saturated heterocycles. The van der Waals surface area contributed by atoms with E-state index in [9.17, 15) is 4.79 Å². The quantitative estimate of drug-likeness (QED) is 0.712. The van der Waals surface area contributed by atoms with Crippen molar-refractivity contribution in [2.75, 3.05) is 5.32 Å². The Bertz CT molecular complexity index is 598. The van der Waals surface area contributed by atoms with E-state index in [1.54, 1.807) is 12.1 Å². The van der Waals surface area contributed by atoms with Crippen LogP contribution in [-0.4, -0.2) is 5.91 Å². The van der Waals surface area contributed by atoms with Gasteiger partial charge in [0.2, 0.25) is 0 Å². The standard InChI is InChI=1S/C14H11BrINO/c1-9-7-12(5-6-13(9)16)17-14(18)10-3-2-4-11(15)8-10/h2-8H,1H3,(H,17,18). The van der Waals surface area contributed by atoms with Crippen molar-refractivity contribution in [2.24, 2.45) is 0 Å². The van der Waals surface area contributed by atoms with Gasteiger partial charge in [0.15, 0.2) is 0 Å². The van der Waals surface area contributed by atoms with Gasteiger partial charge >= 0.3 is 0 Å². The number of rotatable bonds is 2. The monoisotopic (exact) mass is 415 g/mol. The maximum absolute atomic E-state index is 12.0. The highest BCUT2D eigenvalue weighted by Gasteiger charge is 2.06. The van der Waals surface area contributed by atoms with Crippen molar-refractivity contribution in [3.05, 3.63) is 61.6 Å². The van der Waals surface area contributed by atoms with Crippen molar-refractivity contribution < 1.29 is 4.79 Å². The SMILES string of the molecule is Cc1cc(NC(=O)c2cccc(Br)c2)ccc1I. The van der Waals surface area contributed by atoms with Gasteiger partial charge < -0.3 is 5.32 Å². The Morgan fingerprint density at radius 1 is 1.22 bits per heavy atom. The first kappa shape index (κ1) is 13.5. The normalized spacial score (nSPS) is 10.2. The highest BCUT2D eigenvalue weighted by molar-refractivity contribution is 14.1. The second kappa shape index (κ2) is 5.84. The molecule has 1 N–H and O–H groups in total. The third-order valence-corrected chi connectivity index (χ3v) is 4.21. The lowest BCUT2D eigenvalue weighted by Crippen LogP contribution is -2.11. The van der Waals surface area contributed by atoms with Crippen molar-refractivity contribution in [3.63, 3.8) is 0 Å². The Hall–Kier alpha value is -0.880. The summed E-state index contributed by atoms with van der Waals surface area (Å²) >= 11 is 5.63. The van der Waals surface area contributed by atoms with Gasteiger partial charge in [-0.05, 0) is 71.5 Å². The number of hydrogen-bond acceptors (Lipinski definition) is 1. The Labute approximate surface area is 128 Å². The summed E-state index contributed by atoms with van der Waals surface area (Å²) in [5, 5.41) is 2.89. The lowest BCUT2D eigenvalue weighted by Gasteiger charge is -2.07. The van der Waals surface area contributed by atoms with E-state index in [1.807, 2.05) is 37.3 Å². The van der Waals surface area contributed by atoms with Crippen molar-refractivity contribution in [1.29, 1.82) is 0 Å². The van der Waals surface area contributed by atoms with E-state index < -0.39 is 0 Å². The highest BCUT2D eigenvalue weighted by Crippen LogP contribution is 2.18. The van der Waals surface area contributed by atoms with Crippen LogP contribution in [0, 0.1) is 10.5 Å². The number of nitrogens with one attached hydrogen (secondary N) is 1. The molecule has 2 aromatic rings. The zero-order chi connectivity index (χ0) is 13.1. The molecule has 0 bridgehead atoms. The third-order valence-electron chi connectivity index (χ3n) is 2.50. The molecule has 0 aromatic heterocycles. The molecule has 18 heavy (non-hydrogen) atoms. The fraction of sp³-hybridized carbons (Fsp3) is 0.0714. The largest absolute Gasteiger partial charge is 0.322 e. The molecule has 2 rings (SSSR count). The van der Waals surface area contributed by atoms with Gasteiger partial charge in [0.1, 0.15) is 0 Å². The summed E-state index contributed by atoms with van der Waals surface area (Å²) in [4.78, 5) is 12.0. The van der Waals surface area contributed by atoms with E-state index in [0.717, 1.165) is 15.7 Å². The lowest BCUT2D eigenvalue weighted by molar-refractivity contribution is 0.102. The third kappa shape index (κ3) is 3.32. The summed E-state index contributed by atoms with van der Waals surface area (Å²) < 4.78 is 2.09. The molecule has 0 heterocycles. The highest BCUT2D eigenvalue weighted by atomic mass is 127. The fourth-order valence-electron chi connectivity index (χ4n) is 1.56. The number of carbonyl (C=O) groups is 1. The predicted molar refractivity (Wildman–Crippen MR) is 86.0 cm³/mol. The van der Waals surface area contributed by atoms with Crippen LogP contribution in [0.4, 0.5) is 5.69 Å². The fourth-order valence-corrected chi connectivity index (χ4v) is 2.29. The minimum Gasteiger partial charge on any atom is -0.322 e. The summed E-state index contributed by atoms with van der Waals surface area (Å²) in [5.41, 5.74) is 2.61. The molecule has 0 aliphatic carbocycles. The van der Waals surface area contributed by atoms with Crippen LogP contribution in [0.3, 0.4) is 0 Å². The van der Waals surface area contributed by atoms with Gasteiger partial charge in [0, 0.05) is 19.3 Å². The molecule has 0 unspecified atom stereocenters. The first-order valence-electron chi connectivity index (χ1n) is 5.39. The smallest absolute Gasteiger partial charge is 0.255 e. The van der Waals surface area contributed by atoms with Crippen LogP contribution < -0.4 is 5.32 Å². The molecule has 0 aliphatic heterocycles. The van der Waals surface area contributed by atoms with E-state index in [1.165, 1.54) is 3.57 Å². The van der Waals surface area contributed by atoms with Crippen LogP contribution >= 0.6 is 38.5 Å². The molecule has 0 saturated carbocycles. The van der Waals surface area contributed by atoms with Gasteiger partial charge in [-0.15, -0.1) is 0 Å². The molecule has 0 spiro atoms. The molecule has 2 nitrogen and oxygen atoms in total.